The van der Waals surface area contributed by atoms with Crippen LogP contribution in [0, 0.1) is 17.0 Å². The summed E-state index contributed by atoms with van der Waals surface area (Å²) in [5.74, 6) is -0.598. The van der Waals surface area contributed by atoms with E-state index in [2.05, 4.69) is 0 Å². The highest BCUT2D eigenvalue weighted by Crippen LogP contribution is 2.40. The molecule has 0 aliphatic carbocycles. The number of carbonyl (C=O) groups excluding carboxylic acids is 1. The molecule has 216 valence electrons. The van der Waals surface area contributed by atoms with Gasteiger partial charge in [0, 0.05) is 30.9 Å². The van der Waals surface area contributed by atoms with Gasteiger partial charge >= 0.3 is 6.09 Å². The first-order valence-electron chi connectivity index (χ1n) is 13.7. The van der Waals surface area contributed by atoms with E-state index in [9.17, 15) is 13.6 Å². The molecule has 1 aliphatic rings. The normalized spacial score (nSPS) is 16.0. The fourth-order valence-corrected chi connectivity index (χ4v) is 4.84. The molecule has 4 rings (SSSR count). The fraction of sp³-hybridized carbons (Fsp3) is 0.467. The van der Waals surface area contributed by atoms with E-state index in [4.69, 9.17) is 20.3 Å². The molecule has 1 aliphatic heterocycles. The van der Waals surface area contributed by atoms with Crippen LogP contribution < -0.4 is 5.73 Å². The van der Waals surface area contributed by atoms with Crippen LogP contribution in [0.4, 0.5) is 13.6 Å². The van der Waals surface area contributed by atoms with Crippen molar-refractivity contribution in [1.29, 1.82) is 0 Å². The number of amides is 1. The van der Waals surface area contributed by atoms with E-state index in [0.29, 0.717) is 51.6 Å². The van der Waals surface area contributed by atoms with Gasteiger partial charge in [-0.1, -0.05) is 51.1 Å². The predicted molar refractivity (Wildman–Crippen MR) is 149 cm³/mol. The third kappa shape index (κ3) is 7.44. The topological polar surface area (TPSA) is 85.8 Å². The number of ether oxygens (including phenoxy) is 1. The Kier molecular flexibility index (Phi) is 9.55. The van der Waals surface area contributed by atoms with E-state index in [1.807, 2.05) is 62.6 Å². The summed E-state index contributed by atoms with van der Waals surface area (Å²) in [5.41, 5.74) is 6.93. The molecule has 1 fully saturated rings. The Balaban J connectivity index is 1.82. The molecule has 2 heterocycles. The number of hydrogen-bond acceptors (Lipinski definition) is 6. The first-order valence-corrected chi connectivity index (χ1v) is 13.7. The molecule has 2 atom stereocenters. The minimum absolute atomic E-state index is 0.0544. The minimum Gasteiger partial charge on any atom is -0.379 e. The number of aromatic nitrogens is 2. The molecule has 10 heteroatoms. The van der Waals surface area contributed by atoms with Crippen LogP contribution >= 0.6 is 0 Å². The van der Waals surface area contributed by atoms with Crippen molar-refractivity contribution in [3.05, 3.63) is 77.8 Å². The van der Waals surface area contributed by atoms with Crippen molar-refractivity contribution in [1.82, 2.24) is 19.5 Å². The highest BCUT2D eigenvalue weighted by Gasteiger charge is 2.40. The minimum atomic E-state index is -0.579. The van der Waals surface area contributed by atoms with Gasteiger partial charge in [0.25, 0.3) is 0 Å². The second-order valence-corrected chi connectivity index (χ2v) is 11.3. The molecule has 1 amide bonds. The lowest BCUT2D eigenvalue weighted by atomic mass is 9.84. The number of hydroxylamine groups is 2. The summed E-state index contributed by atoms with van der Waals surface area (Å²) in [6.07, 6.45) is 1.74. The molecule has 0 unspecified atom stereocenters. The SMILES string of the molecule is C[C@@H](N)CCN(C(=O)ON1CCOCC1)[C@@H](c1nc(-c2cc(F)ccc2F)cn1Cc1ccccc1)C(C)(C)C. The number of rotatable bonds is 9. The third-order valence-corrected chi connectivity index (χ3v) is 6.82. The lowest BCUT2D eigenvalue weighted by Gasteiger charge is -2.40. The quantitative estimate of drug-likeness (QED) is 0.381. The predicted octanol–water partition coefficient (Wildman–Crippen LogP) is 5.39. The van der Waals surface area contributed by atoms with Crippen LogP contribution in [0.3, 0.4) is 0 Å². The number of halogens is 2. The Hall–Kier alpha value is -3.34. The highest BCUT2D eigenvalue weighted by atomic mass is 19.1. The van der Waals surface area contributed by atoms with Gasteiger partial charge in [-0.2, -0.15) is 0 Å². The van der Waals surface area contributed by atoms with Crippen LogP contribution in [0.1, 0.15) is 51.5 Å². The zero-order valence-electron chi connectivity index (χ0n) is 23.6. The average molecular weight is 556 g/mol. The maximum absolute atomic E-state index is 14.9. The van der Waals surface area contributed by atoms with E-state index in [-0.39, 0.29) is 17.3 Å². The van der Waals surface area contributed by atoms with Gasteiger partial charge in [0.2, 0.25) is 0 Å². The second-order valence-electron chi connectivity index (χ2n) is 11.3. The van der Waals surface area contributed by atoms with Crippen molar-refractivity contribution < 1.29 is 23.1 Å². The number of nitrogens with two attached hydrogens (primary N) is 1. The van der Waals surface area contributed by atoms with Gasteiger partial charge in [-0.15, -0.1) is 5.06 Å². The number of nitrogens with zero attached hydrogens (tertiary/aromatic N) is 4. The maximum Gasteiger partial charge on any atom is 0.429 e. The van der Waals surface area contributed by atoms with E-state index in [1.54, 1.807) is 16.2 Å². The maximum atomic E-state index is 14.9. The largest absolute Gasteiger partial charge is 0.429 e. The summed E-state index contributed by atoms with van der Waals surface area (Å²) < 4.78 is 36.4. The van der Waals surface area contributed by atoms with Crippen LogP contribution in [0.5, 0.6) is 0 Å². The number of hydrogen-bond donors (Lipinski definition) is 1. The lowest BCUT2D eigenvalue weighted by molar-refractivity contribution is -0.158. The van der Waals surface area contributed by atoms with Crippen molar-refractivity contribution in [2.45, 2.75) is 52.7 Å². The summed E-state index contributed by atoms with van der Waals surface area (Å²) in [5, 5.41) is 1.61. The van der Waals surface area contributed by atoms with Crippen molar-refractivity contribution in [3.8, 4) is 11.3 Å². The highest BCUT2D eigenvalue weighted by molar-refractivity contribution is 5.68. The molecule has 3 aromatic rings. The molecule has 1 saturated heterocycles. The summed E-state index contributed by atoms with van der Waals surface area (Å²) >= 11 is 0. The van der Waals surface area contributed by atoms with Gasteiger partial charge in [-0.05, 0) is 42.5 Å². The van der Waals surface area contributed by atoms with Crippen LogP contribution in [0.25, 0.3) is 11.3 Å². The first kappa shape index (κ1) is 29.6. The van der Waals surface area contributed by atoms with Crippen molar-refractivity contribution >= 4 is 6.09 Å². The van der Waals surface area contributed by atoms with E-state index < -0.39 is 29.2 Å². The summed E-state index contributed by atoms with van der Waals surface area (Å²) in [6, 6.07) is 12.4. The Morgan fingerprint density at radius 1 is 1.15 bits per heavy atom. The standard InChI is InChI=1S/C30H39F2N5O3/c1-21(33)12-13-37(29(38)40-36-14-16-39-17-15-36)27(30(2,3)4)28-34-26(24-18-23(31)10-11-25(24)32)20-35(28)19-22-8-6-5-7-9-22/h5-11,18,20-21,27H,12-17,19,33H2,1-4H3/t21-,27+/m1/s1. The third-order valence-electron chi connectivity index (χ3n) is 6.82. The number of imidazole rings is 1. The Labute approximate surface area is 234 Å². The van der Waals surface area contributed by atoms with Crippen LogP contribution in [0.2, 0.25) is 0 Å². The summed E-state index contributed by atoms with van der Waals surface area (Å²) in [6.45, 7) is 10.6. The van der Waals surface area contributed by atoms with Crippen molar-refractivity contribution in [2.24, 2.45) is 11.1 Å². The Morgan fingerprint density at radius 2 is 1.85 bits per heavy atom. The molecule has 0 saturated carbocycles. The van der Waals surface area contributed by atoms with E-state index in [0.717, 1.165) is 23.8 Å². The van der Waals surface area contributed by atoms with Crippen molar-refractivity contribution in [3.63, 3.8) is 0 Å². The van der Waals surface area contributed by atoms with Crippen LogP contribution in [0.15, 0.2) is 54.7 Å². The number of benzene rings is 2. The van der Waals surface area contributed by atoms with Crippen LogP contribution in [-0.2, 0) is 16.1 Å². The molecule has 1 aromatic heterocycles. The Bertz CT molecular complexity index is 1270. The molecule has 0 spiro atoms. The first-order chi connectivity index (χ1) is 19.0. The smallest absolute Gasteiger partial charge is 0.379 e. The monoisotopic (exact) mass is 555 g/mol. The molecular formula is C30H39F2N5O3. The van der Waals surface area contributed by atoms with Gasteiger partial charge in [-0.25, -0.2) is 18.6 Å². The van der Waals surface area contributed by atoms with E-state index in [1.165, 1.54) is 0 Å². The second kappa shape index (κ2) is 12.9. The fourth-order valence-electron chi connectivity index (χ4n) is 4.84. The molecule has 2 N–H and O–H groups in total. The average Bonchev–Trinajstić information content (AvgIpc) is 3.30. The van der Waals surface area contributed by atoms with Gasteiger partial charge in [-0.3, -0.25) is 4.90 Å². The molecule has 8 nitrogen and oxygen atoms in total. The summed E-state index contributed by atoms with van der Waals surface area (Å²) in [7, 11) is 0. The molecule has 0 bridgehead atoms. The zero-order valence-corrected chi connectivity index (χ0v) is 23.6. The lowest BCUT2D eigenvalue weighted by Crippen LogP contribution is -2.47. The van der Waals surface area contributed by atoms with Gasteiger partial charge in [0.15, 0.2) is 0 Å². The zero-order chi connectivity index (χ0) is 28.9. The van der Waals surface area contributed by atoms with Gasteiger partial charge in [0.05, 0.1) is 38.0 Å². The van der Waals surface area contributed by atoms with Crippen molar-refractivity contribution in [2.75, 3.05) is 32.8 Å². The molecule has 2 aromatic carbocycles. The van der Waals surface area contributed by atoms with E-state index >= 15 is 0 Å². The number of carbonyl (C=O) groups is 1. The molecule has 0 radical (unpaired) electrons. The molecular weight excluding hydrogens is 516 g/mol. The Morgan fingerprint density at radius 3 is 2.50 bits per heavy atom. The number of morpholine rings is 1. The van der Waals surface area contributed by atoms with Gasteiger partial charge < -0.3 is 19.9 Å². The molecule has 40 heavy (non-hydrogen) atoms. The van der Waals surface area contributed by atoms with Crippen LogP contribution in [-0.4, -0.2) is 64.5 Å². The summed E-state index contributed by atoms with van der Waals surface area (Å²) in [4.78, 5) is 26.1. The van der Waals surface area contributed by atoms with Gasteiger partial charge in [0.1, 0.15) is 17.5 Å².